The second kappa shape index (κ2) is 5.97. The minimum Gasteiger partial charge on any atom is -0.528 e. The quantitative estimate of drug-likeness (QED) is 0.904. The van der Waals surface area contributed by atoms with Crippen LogP contribution < -0.4 is 15.5 Å². The van der Waals surface area contributed by atoms with E-state index in [9.17, 15) is 9.90 Å². The molecule has 2 aliphatic rings. The Morgan fingerprint density at radius 2 is 2.18 bits per heavy atom. The predicted octanol–water partition coefficient (Wildman–Crippen LogP) is 1.22. The lowest BCUT2D eigenvalue weighted by molar-refractivity contribution is -0.251. The number of carbonyl (C=O) groups is 1. The highest BCUT2D eigenvalue weighted by atomic mass is 16.5. The number of carboxylic acid groups (broad SMARTS) is 1. The highest BCUT2D eigenvalue weighted by Gasteiger charge is 2.31. The summed E-state index contributed by atoms with van der Waals surface area (Å²) < 4.78 is 5.44. The van der Waals surface area contributed by atoms with Crippen LogP contribution in [-0.4, -0.2) is 23.8 Å². The molecule has 0 bridgehead atoms. The molecule has 0 saturated heterocycles. The Balaban J connectivity index is 1.90. The van der Waals surface area contributed by atoms with Crippen LogP contribution in [0, 0.1) is 5.92 Å². The maximum atomic E-state index is 11.6. The van der Waals surface area contributed by atoms with Gasteiger partial charge < -0.3 is 14.6 Å². The fourth-order valence-electron chi connectivity index (χ4n) is 2.21. The van der Waals surface area contributed by atoms with Crippen LogP contribution in [-0.2, 0) is 4.74 Å². The smallest absolute Gasteiger partial charge is 0.236 e. The summed E-state index contributed by atoms with van der Waals surface area (Å²) >= 11 is 0. The van der Waals surface area contributed by atoms with Crippen LogP contribution >= 0.6 is 0 Å². The van der Waals surface area contributed by atoms with Crippen LogP contribution in [0.15, 0.2) is 47.2 Å². The number of amides is 1. The van der Waals surface area contributed by atoms with E-state index in [0.717, 1.165) is 28.8 Å². The van der Waals surface area contributed by atoms with Gasteiger partial charge in [0, 0.05) is 17.7 Å². The van der Waals surface area contributed by atoms with Crippen LogP contribution in [0.3, 0.4) is 0 Å². The number of nitrogens with one attached hydrogen (secondary N) is 1. The van der Waals surface area contributed by atoms with Crippen molar-refractivity contribution in [1.29, 1.82) is 0 Å². The third kappa shape index (κ3) is 2.98. The highest BCUT2D eigenvalue weighted by molar-refractivity contribution is 5.90. The Kier molecular flexibility index (Phi) is 3.86. The maximum Gasteiger partial charge on any atom is 0.236 e. The molecule has 116 valence electrons. The SMILES string of the molecule is CCOC1=NN(N(C(=O)[O-])c2ccccc2)NC(C2CC2)=C1. The number of hydrazine groups is 2. The third-order valence-electron chi connectivity index (χ3n) is 3.37. The number of para-hydroxylation sites is 1. The van der Waals surface area contributed by atoms with Gasteiger partial charge in [0.15, 0.2) is 6.09 Å². The summed E-state index contributed by atoms with van der Waals surface area (Å²) in [6.07, 6.45) is 2.58. The van der Waals surface area contributed by atoms with E-state index >= 15 is 0 Å². The largest absolute Gasteiger partial charge is 0.528 e. The fraction of sp³-hybridized carbons (Fsp3) is 0.333. The van der Waals surface area contributed by atoms with E-state index in [2.05, 4.69) is 10.5 Å². The van der Waals surface area contributed by atoms with Crippen molar-refractivity contribution in [1.82, 2.24) is 10.7 Å². The van der Waals surface area contributed by atoms with Gasteiger partial charge in [0.25, 0.3) is 0 Å². The van der Waals surface area contributed by atoms with Gasteiger partial charge in [-0.25, -0.2) is 5.01 Å². The second-order valence-electron chi connectivity index (χ2n) is 5.06. The molecule has 1 fully saturated rings. The summed E-state index contributed by atoms with van der Waals surface area (Å²) in [6, 6.07) is 8.65. The van der Waals surface area contributed by atoms with Crippen molar-refractivity contribution >= 4 is 17.7 Å². The Labute approximate surface area is 128 Å². The molecule has 1 saturated carbocycles. The fourth-order valence-corrected chi connectivity index (χ4v) is 2.21. The number of anilines is 1. The standard InChI is InChI=1S/C15H18N4O3/c1-2-22-14-10-13(11-8-9-11)16-19(17-14)18(15(20)21)12-6-4-3-5-7-12/h3-7,10-11,16H,2,8-9H2,1H3,(H,20,21)/p-1. The molecule has 0 spiro atoms. The molecule has 1 aliphatic carbocycles. The molecule has 1 N–H and O–H groups in total. The van der Waals surface area contributed by atoms with E-state index in [0.29, 0.717) is 24.1 Å². The van der Waals surface area contributed by atoms with Crippen molar-refractivity contribution in [2.45, 2.75) is 19.8 Å². The van der Waals surface area contributed by atoms with Crippen LogP contribution in [0.2, 0.25) is 0 Å². The van der Waals surface area contributed by atoms with E-state index in [1.54, 1.807) is 24.3 Å². The van der Waals surface area contributed by atoms with Gasteiger partial charge in [-0.05, 0) is 31.9 Å². The summed E-state index contributed by atoms with van der Waals surface area (Å²) in [4.78, 5) is 11.6. The molecule has 1 heterocycles. The van der Waals surface area contributed by atoms with Crippen molar-refractivity contribution in [3.63, 3.8) is 0 Å². The van der Waals surface area contributed by atoms with Crippen molar-refractivity contribution in [3.8, 4) is 0 Å². The molecule has 0 unspecified atom stereocenters. The normalized spacial score (nSPS) is 17.2. The first-order chi connectivity index (χ1) is 10.7. The van der Waals surface area contributed by atoms with Crippen LogP contribution in [0.1, 0.15) is 19.8 Å². The number of benzene rings is 1. The van der Waals surface area contributed by atoms with Crippen LogP contribution in [0.4, 0.5) is 10.5 Å². The van der Waals surface area contributed by atoms with Crippen molar-refractivity contribution in [2.24, 2.45) is 11.0 Å². The maximum absolute atomic E-state index is 11.6. The minimum absolute atomic E-state index is 0.380. The van der Waals surface area contributed by atoms with Gasteiger partial charge in [-0.15, -0.1) is 0 Å². The summed E-state index contributed by atoms with van der Waals surface area (Å²) in [7, 11) is 0. The lowest BCUT2D eigenvalue weighted by atomic mass is 10.3. The minimum atomic E-state index is -1.38. The summed E-state index contributed by atoms with van der Waals surface area (Å²) in [5.41, 5.74) is 4.36. The Hall–Kier alpha value is -2.70. The van der Waals surface area contributed by atoms with Crippen LogP contribution in [0.5, 0.6) is 0 Å². The number of carbonyl (C=O) groups excluding carboxylic acids is 1. The number of ether oxygens (including phenoxy) is 1. The third-order valence-corrected chi connectivity index (χ3v) is 3.37. The number of rotatable bonds is 4. The zero-order chi connectivity index (χ0) is 15.5. The van der Waals surface area contributed by atoms with E-state index in [1.165, 1.54) is 0 Å². The molecule has 3 rings (SSSR count). The van der Waals surface area contributed by atoms with Gasteiger partial charge in [0.05, 0.1) is 12.3 Å². The number of nitrogens with zero attached hydrogens (tertiary/aromatic N) is 3. The zero-order valence-electron chi connectivity index (χ0n) is 12.2. The topological polar surface area (TPSA) is 80.2 Å². The monoisotopic (exact) mass is 301 g/mol. The average Bonchev–Trinajstić information content (AvgIpc) is 3.33. The number of hydrogen-bond donors (Lipinski definition) is 1. The van der Waals surface area contributed by atoms with E-state index in [1.807, 2.05) is 19.1 Å². The van der Waals surface area contributed by atoms with Gasteiger partial charge in [-0.2, -0.15) is 0 Å². The summed E-state index contributed by atoms with van der Waals surface area (Å²) in [5.74, 6) is 0.776. The molecule has 0 aromatic heterocycles. The number of allylic oxidation sites excluding steroid dienone is 1. The molecule has 7 heteroatoms. The summed E-state index contributed by atoms with van der Waals surface area (Å²) in [6.45, 7) is 2.31. The molecule has 1 aromatic carbocycles. The van der Waals surface area contributed by atoms with Gasteiger partial charge in [-0.1, -0.05) is 28.5 Å². The molecular formula is C15H17N4O3-. The summed E-state index contributed by atoms with van der Waals surface area (Å²) in [5, 5.41) is 17.8. The van der Waals surface area contributed by atoms with Gasteiger partial charge in [0.1, 0.15) is 0 Å². The average molecular weight is 301 g/mol. The van der Waals surface area contributed by atoms with E-state index in [4.69, 9.17) is 4.74 Å². The number of hydrazone groups is 1. The van der Waals surface area contributed by atoms with Gasteiger partial charge in [0.2, 0.25) is 5.90 Å². The van der Waals surface area contributed by atoms with Crippen molar-refractivity contribution in [2.75, 3.05) is 11.6 Å². The first-order valence-corrected chi connectivity index (χ1v) is 7.25. The van der Waals surface area contributed by atoms with E-state index in [-0.39, 0.29) is 0 Å². The Morgan fingerprint density at radius 3 is 2.77 bits per heavy atom. The molecule has 7 nitrogen and oxygen atoms in total. The first-order valence-electron chi connectivity index (χ1n) is 7.25. The molecule has 0 atom stereocenters. The Bertz CT molecular complexity index is 610. The second-order valence-corrected chi connectivity index (χ2v) is 5.06. The first kappa shape index (κ1) is 14.2. The van der Waals surface area contributed by atoms with Crippen molar-refractivity contribution < 1.29 is 14.6 Å². The molecule has 0 radical (unpaired) electrons. The molecule has 1 amide bonds. The molecular weight excluding hydrogens is 284 g/mol. The lowest BCUT2D eigenvalue weighted by Crippen LogP contribution is -2.56. The number of hydrogen-bond acceptors (Lipinski definition) is 6. The highest BCUT2D eigenvalue weighted by Crippen LogP contribution is 2.36. The van der Waals surface area contributed by atoms with Crippen molar-refractivity contribution in [3.05, 3.63) is 42.1 Å². The Morgan fingerprint density at radius 1 is 1.45 bits per heavy atom. The molecule has 1 aliphatic heterocycles. The lowest BCUT2D eigenvalue weighted by Gasteiger charge is -2.36. The predicted molar refractivity (Wildman–Crippen MR) is 79.2 cm³/mol. The zero-order valence-corrected chi connectivity index (χ0v) is 12.2. The van der Waals surface area contributed by atoms with Gasteiger partial charge in [-0.3, -0.25) is 5.43 Å². The van der Waals surface area contributed by atoms with Gasteiger partial charge >= 0.3 is 0 Å². The van der Waals surface area contributed by atoms with E-state index < -0.39 is 6.09 Å². The molecule has 22 heavy (non-hydrogen) atoms. The molecule has 1 aromatic rings. The van der Waals surface area contributed by atoms with Crippen LogP contribution in [0.25, 0.3) is 0 Å².